The SMILES string of the molecule is CC(=O)Nc1ccc(S(=O)(=O)N(C)CC(=O)N/N=C\c2ccc(OCC(=O)N[C@H](C)c3ccccc3)cc2)cc1. The summed E-state index contributed by atoms with van der Waals surface area (Å²) in [4.78, 5) is 35.5. The van der Waals surface area contributed by atoms with Crippen LogP contribution in [0.5, 0.6) is 5.75 Å². The monoisotopic (exact) mass is 565 g/mol. The van der Waals surface area contributed by atoms with Crippen molar-refractivity contribution in [3.8, 4) is 5.75 Å². The van der Waals surface area contributed by atoms with E-state index < -0.39 is 22.5 Å². The molecule has 0 saturated carbocycles. The van der Waals surface area contributed by atoms with Gasteiger partial charge in [-0.05, 0) is 66.6 Å². The summed E-state index contributed by atoms with van der Waals surface area (Å²) in [5, 5.41) is 9.30. The first kappa shape index (κ1) is 30.0. The molecule has 0 heterocycles. The maximum absolute atomic E-state index is 12.7. The second kappa shape index (κ2) is 14.0. The van der Waals surface area contributed by atoms with Crippen molar-refractivity contribution in [2.45, 2.75) is 24.8 Å². The lowest BCUT2D eigenvalue weighted by atomic mass is 10.1. The normalized spacial score (nSPS) is 12.1. The maximum atomic E-state index is 12.7. The third kappa shape index (κ3) is 9.03. The van der Waals surface area contributed by atoms with Gasteiger partial charge in [0, 0.05) is 19.7 Å². The number of carbonyl (C=O) groups excluding carboxylic acids is 3. The summed E-state index contributed by atoms with van der Waals surface area (Å²) in [7, 11) is -2.65. The van der Waals surface area contributed by atoms with Crippen LogP contribution < -0.4 is 20.8 Å². The van der Waals surface area contributed by atoms with Crippen LogP contribution in [0.1, 0.15) is 31.0 Å². The van der Waals surface area contributed by atoms with Crippen LogP contribution in [0.4, 0.5) is 5.69 Å². The molecule has 40 heavy (non-hydrogen) atoms. The predicted molar refractivity (Wildman–Crippen MR) is 151 cm³/mol. The number of sulfonamides is 1. The number of amides is 3. The highest BCUT2D eigenvalue weighted by Gasteiger charge is 2.23. The number of rotatable bonds is 12. The minimum Gasteiger partial charge on any atom is -0.484 e. The van der Waals surface area contributed by atoms with E-state index in [4.69, 9.17) is 4.74 Å². The second-order valence-electron chi connectivity index (χ2n) is 8.82. The van der Waals surface area contributed by atoms with E-state index in [2.05, 4.69) is 21.2 Å². The standard InChI is InChI=1S/C28H31N5O6S/c1-20(23-7-5-4-6-8-23)30-28(36)19-39-25-13-9-22(10-14-25)17-29-32-27(35)18-33(3)40(37,38)26-15-11-24(12-16-26)31-21(2)34/h4-17,20H,18-19H2,1-3H3,(H,30,36)(H,31,34)(H,32,35)/b29-17-/t20-/m1/s1. The Morgan fingerprint density at radius 3 is 2.23 bits per heavy atom. The van der Waals surface area contributed by atoms with Crippen molar-refractivity contribution in [1.82, 2.24) is 15.0 Å². The molecule has 0 aromatic heterocycles. The minimum atomic E-state index is -3.93. The summed E-state index contributed by atoms with van der Waals surface area (Å²) in [5.41, 5.74) is 4.40. The molecule has 3 aromatic carbocycles. The first-order valence-electron chi connectivity index (χ1n) is 12.3. The van der Waals surface area contributed by atoms with Gasteiger partial charge in [-0.25, -0.2) is 13.8 Å². The van der Waals surface area contributed by atoms with Crippen LogP contribution in [0.25, 0.3) is 0 Å². The van der Waals surface area contributed by atoms with E-state index in [1.54, 1.807) is 24.3 Å². The van der Waals surface area contributed by atoms with Crippen LogP contribution in [-0.4, -0.2) is 56.9 Å². The average Bonchev–Trinajstić information content (AvgIpc) is 2.93. The summed E-state index contributed by atoms with van der Waals surface area (Å²) >= 11 is 0. The first-order chi connectivity index (χ1) is 19.0. The van der Waals surface area contributed by atoms with Crippen molar-refractivity contribution in [1.29, 1.82) is 0 Å². The largest absolute Gasteiger partial charge is 0.484 e. The van der Waals surface area contributed by atoms with Gasteiger partial charge in [0.2, 0.25) is 15.9 Å². The molecule has 0 aliphatic rings. The molecular formula is C28H31N5O6S. The van der Waals surface area contributed by atoms with Crippen LogP contribution in [0.15, 0.2) is 88.9 Å². The van der Waals surface area contributed by atoms with Gasteiger partial charge in [-0.3, -0.25) is 14.4 Å². The number of hydrogen-bond donors (Lipinski definition) is 3. The lowest BCUT2D eigenvalue weighted by molar-refractivity contribution is -0.124. The van der Waals surface area contributed by atoms with E-state index in [1.165, 1.54) is 44.5 Å². The molecule has 12 heteroatoms. The molecule has 0 unspecified atom stereocenters. The van der Waals surface area contributed by atoms with Crippen molar-refractivity contribution >= 4 is 39.6 Å². The zero-order chi connectivity index (χ0) is 29.1. The number of ether oxygens (including phenoxy) is 1. The number of anilines is 1. The molecular weight excluding hydrogens is 534 g/mol. The Morgan fingerprint density at radius 1 is 0.950 bits per heavy atom. The summed E-state index contributed by atoms with van der Waals surface area (Å²) in [6, 6.07) is 21.8. The Kier molecular flexibility index (Phi) is 10.5. The van der Waals surface area contributed by atoms with Crippen LogP contribution in [0, 0.1) is 0 Å². The number of carbonyl (C=O) groups is 3. The molecule has 1 atom stereocenters. The van der Waals surface area contributed by atoms with Gasteiger partial charge in [0.15, 0.2) is 6.61 Å². The smallest absolute Gasteiger partial charge is 0.258 e. The fourth-order valence-electron chi connectivity index (χ4n) is 3.50. The minimum absolute atomic E-state index is 0.0223. The number of benzene rings is 3. The van der Waals surface area contributed by atoms with Crippen molar-refractivity contribution in [2.24, 2.45) is 5.10 Å². The van der Waals surface area contributed by atoms with Crippen molar-refractivity contribution in [3.05, 3.63) is 90.0 Å². The quantitative estimate of drug-likeness (QED) is 0.227. The topological polar surface area (TPSA) is 146 Å². The van der Waals surface area contributed by atoms with Gasteiger partial charge < -0.3 is 15.4 Å². The van der Waals surface area contributed by atoms with Crippen LogP contribution in [-0.2, 0) is 24.4 Å². The van der Waals surface area contributed by atoms with Gasteiger partial charge in [0.25, 0.3) is 11.8 Å². The Balaban J connectivity index is 1.44. The highest BCUT2D eigenvalue weighted by molar-refractivity contribution is 7.89. The number of hydrogen-bond acceptors (Lipinski definition) is 7. The van der Waals surface area contributed by atoms with E-state index in [9.17, 15) is 22.8 Å². The van der Waals surface area contributed by atoms with Crippen molar-refractivity contribution < 1.29 is 27.5 Å². The molecule has 3 rings (SSSR count). The molecule has 210 valence electrons. The fourth-order valence-corrected chi connectivity index (χ4v) is 4.63. The van der Waals surface area contributed by atoms with Crippen LogP contribution in [0.3, 0.4) is 0 Å². The number of likely N-dealkylation sites (N-methyl/N-ethyl adjacent to an activating group) is 1. The van der Waals surface area contributed by atoms with Crippen LogP contribution >= 0.6 is 0 Å². The molecule has 0 bridgehead atoms. The fraction of sp³-hybridized carbons (Fsp3) is 0.214. The second-order valence-corrected chi connectivity index (χ2v) is 10.9. The maximum Gasteiger partial charge on any atom is 0.258 e. The van der Waals surface area contributed by atoms with Gasteiger partial charge in [0.05, 0.1) is 23.7 Å². The van der Waals surface area contributed by atoms with E-state index in [1.807, 2.05) is 37.3 Å². The highest BCUT2D eigenvalue weighted by Crippen LogP contribution is 2.17. The Hall–Kier alpha value is -4.55. The highest BCUT2D eigenvalue weighted by atomic mass is 32.2. The summed E-state index contributed by atoms with van der Waals surface area (Å²) in [6.45, 7) is 2.65. The molecule has 0 saturated heterocycles. The molecule has 0 aliphatic carbocycles. The molecule has 0 fully saturated rings. The van der Waals surface area contributed by atoms with Gasteiger partial charge in [-0.15, -0.1) is 0 Å². The number of nitrogens with zero attached hydrogens (tertiary/aromatic N) is 2. The molecule has 0 spiro atoms. The number of hydrazone groups is 1. The number of nitrogens with one attached hydrogen (secondary N) is 3. The lowest BCUT2D eigenvalue weighted by Gasteiger charge is -2.16. The summed E-state index contributed by atoms with van der Waals surface area (Å²) < 4.78 is 31.9. The first-order valence-corrected chi connectivity index (χ1v) is 13.7. The van der Waals surface area contributed by atoms with Crippen LogP contribution in [0.2, 0.25) is 0 Å². The lowest BCUT2D eigenvalue weighted by Crippen LogP contribution is -2.36. The van der Waals surface area contributed by atoms with E-state index in [-0.39, 0.29) is 29.4 Å². The Labute approximate surface area is 233 Å². The molecule has 0 aliphatic heterocycles. The summed E-state index contributed by atoms with van der Waals surface area (Å²) in [6.07, 6.45) is 1.39. The summed E-state index contributed by atoms with van der Waals surface area (Å²) in [5.74, 6) is -0.671. The van der Waals surface area contributed by atoms with Crippen molar-refractivity contribution in [2.75, 3.05) is 25.5 Å². The predicted octanol–water partition coefficient (Wildman–Crippen LogP) is 2.67. The Bertz CT molecular complexity index is 1440. The van der Waals surface area contributed by atoms with Gasteiger partial charge >= 0.3 is 0 Å². The zero-order valence-electron chi connectivity index (χ0n) is 22.3. The van der Waals surface area contributed by atoms with Crippen molar-refractivity contribution in [3.63, 3.8) is 0 Å². The third-order valence-corrected chi connectivity index (χ3v) is 7.40. The van der Waals surface area contributed by atoms with E-state index in [0.717, 1.165) is 9.87 Å². The molecule has 3 aromatic rings. The van der Waals surface area contributed by atoms with E-state index >= 15 is 0 Å². The molecule has 0 radical (unpaired) electrons. The van der Waals surface area contributed by atoms with E-state index in [0.29, 0.717) is 17.0 Å². The van der Waals surface area contributed by atoms with Gasteiger partial charge in [0.1, 0.15) is 5.75 Å². The average molecular weight is 566 g/mol. The third-order valence-electron chi connectivity index (χ3n) is 5.58. The van der Waals surface area contributed by atoms with Gasteiger partial charge in [-0.2, -0.15) is 9.41 Å². The zero-order valence-corrected chi connectivity index (χ0v) is 23.1. The molecule has 3 N–H and O–H groups in total. The molecule has 3 amide bonds. The van der Waals surface area contributed by atoms with Gasteiger partial charge in [-0.1, -0.05) is 30.3 Å². The molecule has 11 nitrogen and oxygen atoms in total. The Morgan fingerprint density at radius 2 is 1.60 bits per heavy atom.